The molecule has 3 heteroatoms. The number of amides is 1. The van der Waals surface area contributed by atoms with E-state index >= 15 is 0 Å². The predicted octanol–water partition coefficient (Wildman–Crippen LogP) is 3.04. The van der Waals surface area contributed by atoms with Crippen molar-refractivity contribution in [2.75, 3.05) is 12.4 Å². The van der Waals surface area contributed by atoms with Gasteiger partial charge in [-0.3, -0.25) is 4.79 Å². The maximum atomic E-state index is 12.0. The van der Waals surface area contributed by atoms with Crippen LogP contribution in [0.3, 0.4) is 0 Å². The summed E-state index contributed by atoms with van der Waals surface area (Å²) in [6, 6.07) is 0.405. The van der Waals surface area contributed by atoms with Crippen LogP contribution in [0.1, 0.15) is 46.0 Å². The van der Waals surface area contributed by atoms with Crippen LogP contribution in [0.4, 0.5) is 0 Å². The highest BCUT2D eigenvalue weighted by Gasteiger charge is 2.25. The van der Waals surface area contributed by atoms with Gasteiger partial charge in [-0.15, -0.1) is 11.6 Å². The normalized spacial score (nSPS) is 22.1. The number of rotatable bonds is 4. The molecule has 0 aromatic heterocycles. The number of piperidine rings is 1. The molecule has 2 nitrogen and oxygen atoms in total. The highest BCUT2D eigenvalue weighted by molar-refractivity contribution is 6.17. The van der Waals surface area contributed by atoms with Crippen molar-refractivity contribution in [2.24, 2.45) is 5.92 Å². The molecule has 1 amide bonds. The molecule has 0 aliphatic carbocycles. The van der Waals surface area contributed by atoms with E-state index in [0.717, 1.165) is 25.8 Å². The van der Waals surface area contributed by atoms with Gasteiger partial charge in [0.25, 0.3) is 0 Å². The molecule has 1 fully saturated rings. The van der Waals surface area contributed by atoms with E-state index in [4.69, 9.17) is 11.6 Å². The van der Waals surface area contributed by atoms with Crippen LogP contribution in [0.15, 0.2) is 0 Å². The van der Waals surface area contributed by atoms with Gasteiger partial charge in [-0.1, -0.05) is 13.8 Å². The van der Waals surface area contributed by atoms with Crippen molar-refractivity contribution in [3.05, 3.63) is 0 Å². The van der Waals surface area contributed by atoms with Crippen molar-refractivity contribution in [3.8, 4) is 0 Å². The van der Waals surface area contributed by atoms with Crippen LogP contribution in [0.2, 0.25) is 0 Å². The molecule has 1 saturated heterocycles. The van der Waals surface area contributed by atoms with Gasteiger partial charge in [-0.2, -0.15) is 0 Å². The quantitative estimate of drug-likeness (QED) is 0.681. The molecule has 0 bridgehead atoms. The Morgan fingerprint density at radius 3 is 2.80 bits per heavy atom. The average Bonchev–Trinajstić information content (AvgIpc) is 2.18. The topological polar surface area (TPSA) is 20.3 Å². The zero-order valence-electron chi connectivity index (χ0n) is 9.84. The second kappa shape index (κ2) is 6.37. The van der Waals surface area contributed by atoms with Crippen LogP contribution in [-0.2, 0) is 4.79 Å². The molecule has 0 saturated carbocycles. The number of likely N-dealkylation sites (tertiary alicyclic amines) is 1. The Hall–Kier alpha value is -0.240. The lowest BCUT2D eigenvalue weighted by Gasteiger charge is -2.36. The summed E-state index contributed by atoms with van der Waals surface area (Å²) in [6.07, 6.45) is 5.16. The van der Waals surface area contributed by atoms with Crippen LogP contribution in [0.5, 0.6) is 0 Å². The Morgan fingerprint density at radius 2 is 2.20 bits per heavy atom. The van der Waals surface area contributed by atoms with Crippen molar-refractivity contribution in [1.29, 1.82) is 0 Å². The van der Waals surface area contributed by atoms with Gasteiger partial charge in [0, 0.05) is 24.9 Å². The molecule has 1 heterocycles. The summed E-state index contributed by atoms with van der Waals surface area (Å²) in [5.74, 6) is 1.44. The maximum Gasteiger partial charge on any atom is 0.223 e. The van der Waals surface area contributed by atoms with E-state index in [2.05, 4.69) is 18.7 Å². The molecular formula is C12H22ClNO. The van der Waals surface area contributed by atoms with Crippen molar-refractivity contribution in [1.82, 2.24) is 4.90 Å². The average molecular weight is 232 g/mol. The number of halogens is 1. The molecule has 1 aliphatic heterocycles. The van der Waals surface area contributed by atoms with E-state index in [9.17, 15) is 4.79 Å². The van der Waals surface area contributed by atoms with Crippen LogP contribution < -0.4 is 0 Å². The molecule has 1 rings (SSSR count). The van der Waals surface area contributed by atoms with Gasteiger partial charge in [0.05, 0.1) is 0 Å². The third kappa shape index (κ3) is 4.02. The highest BCUT2D eigenvalue weighted by atomic mass is 35.5. The Labute approximate surface area is 98.0 Å². The van der Waals surface area contributed by atoms with Crippen LogP contribution in [0.25, 0.3) is 0 Å². The van der Waals surface area contributed by atoms with Crippen molar-refractivity contribution < 1.29 is 4.79 Å². The summed E-state index contributed by atoms with van der Waals surface area (Å²) in [7, 11) is 0. The van der Waals surface area contributed by atoms with Crippen LogP contribution in [0, 0.1) is 5.92 Å². The van der Waals surface area contributed by atoms with Crippen molar-refractivity contribution in [3.63, 3.8) is 0 Å². The highest BCUT2D eigenvalue weighted by Crippen LogP contribution is 2.21. The number of carbonyl (C=O) groups excluding carboxylic acids is 1. The molecule has 1 atom stereocenters. The number of hydrogen-bond acceptors (Lipinski definition) is 1. The van der Waals surface area contributed by atoms with Gasteiger partial charge in [0.1, 0.15) is 0 Å². The first-order valence-corrected chi connectivity index (χ1v) is 6.54. The van der Waals surface area contributed by atoms with Gasteiger partial charge in [0.15, 0.2) is 0 Å². The largest absolute Gasteiger partial charge is 0.340 e. The Kier molecular flexibility index (Phi) is 5.44. The molecule has 0 aromatic rings. The van der Waals surface area contributed by atoms with E-state index in [1.807, 2.05) is 0 Å². The fourth-order valence-corrected chi connectivity index (χ4v) is 2.47. The predicted molar refractivity (Wildman–Crippen MR) is 64.1 cm³/mol. The summed E-state index contributed by atoms with van der Waals surface area (Å²) in [4.78, 5) is 14.0. The summed E-state index contributed by atoms with van der Waals surface area (Å²) in [5, 5.41) is 0. The van der Waals surface area contributed by atoms with Gasteiger partial charge in [-0.05, 0) is 31.6 Å². The summed E-state index contributed by atoms with van der Waals surface area (Å²) >= 11 is 5.77. The van der Waals surface area contributed by atoms with E-state index in [1.165, 1.54) is 6.42 Å². The lowest BCUT2D eigenvalue weighted by Crippen LogP contribution is -2.44. The fraction of sp³-hybridized carbons (Fsp3) is 0.917. The summed E-state index contributed by atoms with van der Waals surface area (Å²) in [6.45, 7) is 5.13. The molecule has 0 aromatic carbocycles. The first-order chi connectivity index (χ1) is 7.15. The Morgan fingerprint density at radius 1 is 1.47 bits per heavy atom. The first-order valence-electron chi connectivity index (χ1n) is 6.00. The third-order valence-electron chi connectivity index (χ3n) is 2.97. The molecular weight excluding hydrogens is 210 g/mol. The smallest absolute Gasteiger partial charge is 0.223 e. The minimum Gasteiger partial charge on any atom is -0.340 e. The van der Waals surface area contributed by atoms with Gasteiger partial charge >= 0.3 is 0 Å². The Balaban J connectivity index is 2.51. The van der Waals surface area contributed by atoms with E-state index < -0.39 is 0 Å². The molecule has 0 spiro atoms. The minimum atomic E-state index is 0.319. The zero-order valence-corrected chi connectivity index (χ0v) is 10.6. The minimum absolute atomic E-state index is 0.319. The fourth-order valence-electron chi connectivity index (χ4n) is 2.22. The van der Waals surface area contributed by atoms with E-state index in [1.54, 1.807) is 0 Å². The number of carbonyl (C=O) groups is 1. The van der Waals surface area contributed by atoms with Crippen LogP contribution in [-0.4, -0.2) is 29.3 Å². The Bertz CT molecular complexity index is 204. The van der Waals surface area contributed by atoms with Gasteiger partial charge < -0.3 is 4.90 Å². The SMILES string of the molecule is CC(C)CC(=O)N1CCCCC1CCCl. The van der Waals surface area contributed by atoms with Crippen LogP contribution >= 0.6 is 11.6 Å². The monoisotopic (exact) mass is 231 g/mol. The summed E-state index contributed by atoms with van der Waals surface area (Å²) < 4.78 is 0. The maximum absolute atomic E-state index is 12.0. The molecule has 15 heavy (non-hydrogen) atoms. The van der Waals surface area contributed by atoms with E-state index in [-0.39, 0.29) is 0 Å². The third-order valence-corrected chi connectivity index (χ3v) is 3.19. The lowest BCUT2D eigenvalue weighted by atomic mass is 9.98. The molecule has 1 unspecified atom stereocenters. The standard InChI is InChI=1S/C12H22ClNO/c1-10(2)9-12(15)14-8-4-3-5-11(14)6-7-13/h10-11H,3-9H2,1-2H3. The number of hydrogen-bond donors (Lipinski definition) is 0. The lowest BCUT2D eigenvalue weighted by molar-refractivity contribution is -0.135. The second-order valence-corrected chi connectivity index (χ2v) is 5.19. The van der Waals surface area contributed by atoms with Gasteiger partial charge in [0.2, 0.25) is 5.91 Å². The molecule has 0 N–H and O–H groups in total. The van der Waals surface area contributed by atoms with Crippen molar-refractivity contribution in [2.45, 2.75) is 52.0 Å². The van der Waals surface area contributed by atoms with E-state index in [0.29, 0.717) is 30.2 Å². The number of nitrogens with zero attached hydrogens (tertiary/aromatic N) is 1. The zero-order chi connectivity index (χ0) is 11.3. The molecule has 88 valence electrons. The first kappa shape index (κ1) is 12.8. The summed E-state index contributed by atoms with van der Waals surface area (Å²) in [5.41, 5.74) is 0. The molecule has 0 radical (unpaired) electrons. The van der Waals surface area contributed by atoms with Crippen molar-refractivity contribution >= 4 is 17.5 Å². The molecule has 1 aliphatic rings. The van der Waals surface area contributed by atoms with Gasteiger partial charge in [-0.25, -0.2) is 0 Å². The number of alkyl halides is 1. The second-order valence-electron chi connectivity index (χ2n) is 4.81.